The molecule has 4 nitrogen and oxygen atoms in total. The first-order valence-corrected chi connectivity index (χ1v) is 9.86. The fourth-order valence-electron chi connectivity index (χ4n) is 3.60. The Labute approximate surface area is 162 Å². The van der Waals surface area contributed by atoms with E-state index in [-0.39, 0.29) is 6.10 Å². The minimum Gasteiger partial charge on any atom is -0.491 e. The molecule has 1 heterocycles. The van der Waals surface area contributed by atoms with Gasteiger partial charge in [0.25, 0.3) is 0 Å². The highest BCUT2D eigenvalue weighted by Gasteiger charge is 2.21. The van der Waals surface area contributed by atoms with Crippen LogP contribution in [-0.4, -0.2) is 48.5 Å². The van der Waals surface area contributed by atoms with Crippen molar-refractivity contribution in [1.29, 1.82) is 0 Å². The lowest BCUT2D eigenvalue weighted by Crippen LogP contribution is -2.39. The van der Waals surface area contributed by atoms with Gasteiger partial charge in [-0.3, -0.25) is 4.90 Å². The van der Waals surface area contributed by atoms with Crippen LogP contribution in [0.4, 0.5) is 0 Å². The highest BCUT2D eigenvalue weighted by molar-refractivity contribution is 5.31. The number of aliphatic hydroxyl groups excluding tert-OH is 1. The van der Waals surface area contributed by atoms with E-state index < -0.39 is 6.10 Å². The summed E-state index contributed by atoms with van der Waals surface area (Å²) >= 11 is 0. The van der Waals surface area contributed by atoms with Gasteiger partial charge in [-0.2, -0.15) is 0 Å². The highest BCUT2D eigenvalue weighted by Crippen LogP contribution is 2.18. The van der Waals surface area contributed by atoms with Gasteiger partial charge in [0.05, 0.1) is 6.10 Å². The van der Waals surface area contributed by atoms with Crippen molar-refractivity contribution < 1.29 is 14.6 Å². The van der Waals surface area contributed by atoms with Gasteiger partial charge in [-0.25, -0.2) is 0 Å². The van der Waals surface area contributed by atoms with Gasteiger partial charge in [0.2, 0.25) is 0 Å². The summed E-state index contributed by atoms with van der Waals surface area (Å²) in [4.78, 5) is 2.29. The van der Waals surface area contributed by atoms with Gasteiger partial charge >= 0.3 is 0 Å². The van der Waals surface area contributed by atoms with Crippen molar-refractivity contribution in [2.75, 3.05) is 26.3 Å². The lowest BCUT2D eigenvalue weighted by Gasteiger charge is -2.27. The molecule has 0 bridgehead atoms. The third-order valence-electron chi connectivity index (χ3n) is 4.97. The Morgan fingerprint density at radius 2 is 2.04 bits per heavy atom. The maximum absolute atomic E-state index is 10.6. The van der Waals surface area contributed by atoms with Crippen LogP contribution in [0.15, 0.2) is 48.5 Å². The molecule has 3 rings (SSSR count). The zero-order chi connectivity index (χ0) is 19.1. The lowest BCUT2D eigenvalue weighted by atomic mass is 10.1. The molecular formula is C23H31NO3. The summed E-state index contributed by atoms with van der Waals surface area (Å²) in [6.07, 6.45) is 1.94. The summed E-state index contributed by atoms with van der Waals surface area (Å²) in [5.41, 5.74) is 3.61. The van der Waals surface area contributed by atoms with Crippen LogP contribution in [0.25, 0.3) is 0 Å². The number of aryl methyl sites for hydroxylation is 2. The largest absolute Gasteiger partial charge is 0.491 e. The van der Waals surface area contributed by atoms with E-state index in [0.717, 1.165) is 43.9 Å². The second-order valence-electron chi connectivity index (χ2n) is 7.55. The van der Waals surface area contributed by atoms with Crippen LogP contribution in [0.5, 0.6) is 5.75 Å². The van der Waals surface area contributed by atoms with Crippen molar-refractivity contribution >= 4 is 0 Å². The molecule has 2 aromatic carbocycles. The molecule has 0 aliphatic carbocycles. The Morgan fingerprint density at radius 1 is 1.19 bits per heavy atom. The molecule has 1 aliphatic heterocycles. The van der Waals surface area contributed by atoms with Crippen molar-refractivity contribution in [1.82, 2.24) is 4.90 Å². The molecule has 1 saturated heterocycles. The zero-order valence-corrected chi connectivity index (χ0v) is 16.4. The smallest absolute Gasteiger partial charge is 0.122 e. The molecule has 1 aliphatic rings. The van der Waals surface area contributed by atoms with Crippen molar-refractivity contribution in [2.45, 2.75) is 45.4 Å². The summed E-state index contributed by atoms with van der Waals surface area (Å²) in [7, 11) is 0. The molecule has 0 aromatic heterocycles. The van der Waals surface area contributed by atoms with E-state index in [1.165, 1.54) is 11.1 Å². The third kappa shape index (κ3) is 6.35. The SMILES string of the molecule is Cc1cccc(CN(C[C@@H](O)COc2ccccc2C)C[C@@H]2CCCO2)c1. The van der Waals surface area contributed by atoms with Gasteiger partial charge in [-0.1, -0.05) is 48.0 Å². The molecule has 0 radical (unpaired) electrons. The zero-order valence-electron chi connectivity index (χ0n) is 16.4. The van der Waals surface area contributed by atoms with Crippen molar-refractivity contribution in [2.24, 2.45) is 0 Å². The molecule has 0 amide bonds. The van der Waals surface area contributed by atoms with Crippen LogP contribution in [0.3, 0.4) is 0 Å². The van der Waals surface area contributed by atoms with Crippen LogP contribution < -0.4 is 4.74 Å². The maximum Gasteiger partial charge on any atom is 0.122 e. The number of ether oxygens (including phenoxy) is 2. The number of hydrogen-bond acceptors (Lipinski definition) is 4. The van der Waals surface area contributed by atoms with Gasteiger partial charge in [0.15, 0.2) is 0 Å². The monoisotopic (exact) mass is 369 g/mol. The number of nitrogens with zero attached hydrogens (tertiary/aromatic N) is 1. The summed E-state index contributed by atoms with van der Waals surface area (Å²) < 4.78 is 11.6. The summed E-state index contributed by atoms with van der Waals surface area (Å²) in [6.45, 7) is 7.49. The van der Waals surface area contributed by atoms with E-state index in [1.807, 2.05) is 31.2 Å². The molecule has 0 spiro atoms. The second-order valence-corrected chi connectivity index (χ2v) is 7.55. The molecule has 4 heteroatoms. The minimum absolute atomic E-state index is 0.263. The van der Waals surface area contributed by atoms with Crippen LogP contribution in [0.2, 0.25) is 0 Å². The summed E-state index contributed by atoms with van der Waals surface area (Å²) in [6, 6.07) is 16.5. The molecule has 27 heavy (non-hydrogen) atoms. The minimum atomic E-state index is -0.546. The van der Waals surface area contributed by atoms with E-state index in [2.05, 4.69) is 36.1 Å². The van der Waals surface area contributed by atoms with Gasteiger partial charge in [0, 0.05) is 26.2 Å². The molecule has 1 N–H and O–H groups in total. The van der Waals surface area contributed by atoms with E-state index in [4.69, 9.17) is 9.47 Å². The van der Waals surface area contributed by atoms with E-state index >= 15 is 0 Å². The standard InChI is InChI=1S/C23H31NO3/c1-18-7-5-9-20(13-18)14-24(16-22-10-6-12-26-22)15-21(25)17-27-23-11-4-3-8-19(23)2/h3-5,7-9,11,13,21-22,25H,6,10,12,14-17H2,1-2H3/t21-,22+/m1/s1. The van der Waals surface area contributed by atoms with Gasteiger partial charge in [-0.15, -0.1) is 0 Å². The third-order valence-corrected chi connectivity index (χ3v) is 4.97. The van der Waals surface area contributed by atoms with Crippen LogP contribution in [-0.2, 0) is 11.3 Å². The van der Waals surface area contributed by atoms with E-state index in [9.17, 15) is 5.11 Å². The fourth-order valence-corrected chi connectivity index (χ4v) is 3.60. The van der Waals surface area contributed by atoms with Crippen molar-refractivity contribution in [3.63, 3.8) is 0 Å². The molecule has 2 atom stereocenters. The first-order chi connectivity index (χ1) is 13.1. The fraction of sp³-hybridized carbons (Fsp3) is 0.478. The first kappa shape index (κ1) is 19.9. The lowest BCUT2D eigenvalue weighted by molar-refractivity contribution is 0.0313. The Balaban J connectivity index is 1.58. The van der Waals surface area contributed by atoms with Gasteiger partial charge in [-0.05, 0) is 43.9 Å². The quantitative estimate of drug-likeness (QED) is 0.731. The van der Waals surface area contributed by atoms with Gasteiger partial charge < -0.3 is 14.6 Å². The van der Waals surface area contributed by atoms with Crippen molar-refractivity contribution in [3.8, 4) is 5.75 Å². The van der Waals surface area contributed by atoms with Crippen molar-refractivity contribution in [3.05, 3.63) is 65.2 Å². The van der Waals surface area contributed by atoms with Crippen LogP contribution >= 0.6 is 0 Å². The number of rotatable bonds is 9. The molecule has 1 fully saturated rings. The Hall–Kier alpha value is -1.88. The molecule has 2 aromatic rings. The first-order valence-electron chi connectivity index (χ1n) is 9.86. The molecule has 0 unspecified atom stereocenters. The highest BCUT2D eigenvalue weighted by atomic mass is 16.5. The summed E-state index contributed by atoms with van der Waals surface area (Å²) in [5.74, 6) is 0.834. The van der Waals surface area contributed by atoms with Crippen LogP contribution in [0.1, 0.15) is 29.5 Å². The predicted octanol–water partition coefficient (Wildman–Crippen LogP) is 3.72. The summed E-state index contributed by atoms with van der Waals surface area (Å²) in [5, 5.41) is 10.6. The molecule has 0 saturated carbocycles. The second kappa shape index (κ2) is 9.88. The van der Waals surface area contributed by atoms with E-state index in [0.29, 0.717) is 13.2 Å². The molecular weight excluding hydrogens is 338 g/mol. The predicted molar refractivity (Wildman–Crippen MR) is 108 cm³/mol. The number of para-hydroxylation sites is 1. The Morgan fingerprint density at radius 3 is 2.78 bits per heavy atom. The Bertz CT molecular complexity index is 712. The number of benzene rings is 2. The van der Waals surface area contributed by atoms with Gasteiger partial charge in [0.1, 0.15) is 18.5 Å². The number of hydrogen-bond donors (Lipinski definition) is 1. The normalized spacial score (nSPS) is 18.0. The molecule has 146 valence electrons. The maximum atomic E-state index is 10.6. The average Bonchev–Trinajstić information content (AvgIpc) is 3.14. The Kier molecular flexibility index (Phi) is 7.27. The topological polar surface area (TPSA) is 41.9 Å². The number of aliphatic hydroxyl groups is 1. The van der Waals surface area contributed by atoms with Crippen LogP contribution in [0, 0.1) is 13.8 Å². The average molecular weight is 370 g/mol. The van der Waals surface area contributed by atoms with E-state index in [1.54, 1.807) is 0 Å².